The molecular weight excluding hydrogens is 534 g/mol. The van der Waals surface area contributed by atoms with Crippen LogP contribution in [-0.2, 0) is 14.8 Å². The first-order valence-electron chi connectivity index (χ1n) is 11.3. The number of methoxy groups -OCH3 is 2. The smallest absolute Gasteiger partial charge is 0.272 e. The average Bonchev–Trinajstić information content (AvgIpc) is 3.36. The molecule has 0 aliphatic rings. The van der Waals surface area contributed by atoms with Gasteiger partial charge in [-0.25, -0.2) is 18.4 Å². The number of benzene rings is 2. The first kappa shape index (κ1) is 27.2. The van der Waals surface area contributed by atoms with Crippen molar-refractivity contribution in [2.75, 3.05) is 56.4 Å². The van der Waals surface area contributed by atoms with Gasteiger partial charge in [-0.1, -0.05) is 12.1 Å². The van der Waals surface area contributed by atoms with E-state index >= 15 is 0 Å². The Morgan fingerprint density at radius 1 is 0.974 bits per heavy atom. The van der Waals surface area contributed by atoms with Crippen molar-refractivity contribution in [1.29, 1.82) is 0 Å². The van der Waals surface area contributed by atoms with Gasteiger partial charge in [0.2, 0.25) is 0 Å². The fraction of sp³-hybridized carbons (Fsp3) is 0.250. The van der Waals surface area contributed by atoms with Crippen LogP contribution < -0.4 is 30.0 Å². The lowest BCUT2D eigenvalue weighted by Crippen LogP contribution is -2.15. The molecule has 0 bridgehead atoms. The maximum absolute atomic E-state index is 13.1. The molecule has 0 saturated heterocycles. The lowest BCUT2D eigenvalue weighted by Gasteiger charge is -2.19. The van der Waals surface area contributed by atoms with Crippen LogP contribution in [0.25, 0.3) is 11.0 Å². The Kier molecular flexibility index (Phi) is 8.68. The van der Waals surface area contributed by atoms with E-state index in [0.29, 0.717) is 39.0 Å². The molecule has 0 fully saturated rings. The van der Waals surface area contributed by atoms with E-state index in [2.05, 4.69) is 20.0 Å². The fourth-order valence-electron chi connectivity index (χ4n) is 3.40. The van der Waals surface area contributed by atoms with Crippen molar-refractivity contribution in [2.24, 2.45) is 0 Å². The van der Waals surface area contributed by atoms with E-state index in [1.807, 2.05) is 0 Å². The summed E-state index contributed by atoms with van der Waals surface area (Å²) in [6.07, 6.45) is 0. The SMILES string of the molecule is COc1cc(Nc2nc3ccccc3nc2NS(=O)(=O)c2ccc(N)s2)c(OCCOCCO)c(OC)c1. The number of para-hydroxylation sites is 2. The number of hydrogen-bond acceptors (Lipinski definition) is 12. The number of nitrogen functional groups attached to an aromatic ring is 1. The van der Waals surface area contributed by atoms with Gasteiger partial charge in [-0.15, -0.1) is 11.3 Å². The number of ether oxygens (including phenoxy) is 4. The van der Waals surface area contributed by atoms with Gasteiger partial charge in [0.25, 0.3) is 10.0 Å². The molecule has 2 aromatic carbocycles. The standard InChI is InChI=1S/C24H27N5O7S2/c1-33-15-13-18(22(19(14-15)34-2)36-12-11-35-10-9-30)28-23-24(27-17-6-4-3-5-16(17)26-23)29-38(31,32)21-8-7-20(25)37-21/h3-8,13-14,30H,9-12,25H2,1-2H3,(H,26,28)(H,27,29). The second-order valence-electron chi connectivity index (χ2n) is 7.69. The number of thiophene rings is 1. The van der Waals surface area contributed by atoms with Crippen molar-refractivity contribution in [3.63, 3.8) is 0 Å². The Hall–Kier alpha value is -3.85. The molecule has 2 heterocycles. The highest BCUT2D eigenvalue weighted by atomic mass is 32.2. The Balaban J connectivity index is 1.75. The first-order valence-corrected chi connectivity index (χ1v) is 13.6. The molecule has 0 aliphatic carbocycles. The fourth-order valence-corrected chi connectivity index (χ4v) is 5.50. The number of fused-ring (bicyclic) bond motifs is 1. The van der Waals surface area contributed by atoms with Gasteiger partial charge in [0, 0.05) is 12.1 Å². The number of nitrogens with zero attached hydrogens (tertiary/aromatic N) is 2. The third kappa shape index (κ3) is 6.34. The molecule has 14 heteroatoms. The normalized spacial score (nSPS) is 11.3. The van der Waals surface area contributed by atoms with Crippen LogP contribution in [0.5, 0.6) is 17.2 Å². The largest absolute Gasteiger partial charge is 0.497 e. The van der Waals surface area contributed by atoms with Gasteiger partial charge in [-0.3, -0.25) is 4.72 Å². The summed E-state index contributed by atoms with van der Waals surface area (Å²) in [5.41, 5.74) is 7.15. The van der Waals surface area contributed by atoms with Gasteiger partial charge in [0.1, 0.15) is 16.6 Å². The van der Waals surface area contributed by atoms with Gasteiger partial charge < -0.3 is 35.1 Å². The topological polar surface area (TPSA) is 167 Å². The van der Waals surface area contributed by atoms with E-state index in [-0.39, 0.29) is 42.3 Å². The summed E-state index contributed by atoms with van der Waals surface area (Å²) in [6.45, 7) is 0.455. The van der Waals surface area contributed by atoms with E-state index in [0.717, 1.165) is 11.3 Å². The van der Waals surface area contributed by atoms with Gasteiger partial charge in [0.05, 0.1) is 55.8 Å². The van der Waals surface area contributed by atoms with Crippen molar-refractivity contribution in [3.8, 4) is 17.2 Å². The minimum atomic E-state index is -4.01. The summed E-state index contributed by atoms with van der Waals surface area (Å²) in [6, 6.07) is 13.3. The van der Waals surface area contributed by atoms with Crippen LogP contribution in [-0.4, -0.2) is 64.1 Å². The molecule has 12 nitrogen and oxygen atoms in total. The van der Waals surface area contributed by atoms with Gasteiger partial charge in [-0.05, 0) is 24.3 Å². The lowest BCUT2D eigenvalue weighted by atomic mass is 10.2. The van der Waals surface area contributed by atoms with Crippen LogP contribution in [0, 0.1) is 0 Å². The Labute approximate surface area is 223 Å². The number of aliphatic hydroxyl groups is 1. The van der Waals surface area contributed by atoms with Crippen molar-refractivity contribution in [1.82, 2.24) is 9.97 Å². The molecule has 0 spiro atoms. The summed E-state index contributed by atoms with van der Waals surface area (Å²) >= 11 is 0.932. The molecule has 0 amide bonds. The minimum Gasteiger partial charge on any atom is -0.497 e. The quantitative estimate of drug-likeness (QED) is 0.177. The first-order chi connectivity index (χ1) is 18.3. The van der Waals surface area contributed by atoms with Crippen LogP contribution in [0.15, 0.2) is 52.7 Å². The maximum Gasteiger partial charge on any atom is 0.272 e. The number of aromatic nitrogens is 2. The maximum atomic E-state index is 13.1. The number of rotatable bonds is 13. The van der Waals surface area contributed by atoms with E-state index < -0.39 is 10.0 Å². The highest BCUT2D eigenvalue weighted by Crippen LogP contribution is 2.42. The summed E-state index contributed by atoms with van der Waals surface area (Å²) in [4.78, 5) is 9.13. The van der Waals surface area contributed by atoms with E-state index in [1.54, 1.807) is 36.4 Å². The zero-order chi connectivity index (χ0) is 27.1. The van der Waals surface area contributed by atoms with E-state index in [9.17, 15) is 8.42 Å². The summed E-state index contributed by atoms with van der Waals surface area (Å²) in [5, 5.41) is 12.4. The summed E-state index contributed by atoms with van der Waals surface area (Å²) < 4.78 is 50.9. The van der Waals surface area contributed by atoms with Crippen molar-refractivity contribution < 1.29 is 32.5 Å². The molecule has 5 N–H and O–H groups in total. The molecular formula is C24H27N5O7S2. The molecule has 0 aliphatic heterocycles. The van der Waals surface area contributed by atoms with Crippen LogP contribution in [0.1, 0.15) is 0 Å². The number of anilines is 4. The number of nitrogens with two attached hydrogens (primary N) is 1. The molecule has 4 rings (SSSR count). The Morgan fingerprint density at radius 2 is 1.71 bits per heavy atom. The van der Waals surface area contributed by atoms with Gasteiger partial charge in [0.15, 0.2) is 23.1 Å². The van der Waals surface area contributed by atoms with Crippen LogP contribution in [0.3, 0.4) is 0 Å². The summed E-state index contributed by atoms with van der Waals surface area (Å²) in [7, 11) is -1.02. The van der Waals surface area contributed by atoms with Crippen molar-refractivity contribution in [2.45, 2.75) is 4.21 Å². The Bertz CT molecular complexity index is 1510. The number of hydrogen-bond donors (Lipinski definition) is 4. The second-order valence-corrected chi connectivity index (χ2v) is 10.7. The van der Waals surface area contributed by atoms with Gasteiger partial charge >= 0.3 is 0 Å². The average molecular weight is 562 g/mol. The number of sulfonamides is 1. The lowest BCUT2D eigenvalue weighted by molar-refractivity contribution is 0.0700. The van der Waals surface area contributed by atoms with Gasteiger partial charge in [-0.2, -0.15) is 0 Å². The second kappa shape index (κ2) is 12.1. The van der Waals surface area contributed by atoms with Crippen LogP contribution in [0.2, 0.25) is 0 Å². The molecule has 0 unspecified atom stereocenters. The minimum absolute atomic E-state index is 0.0327. The molecule has 0 atom stereocenters. The molecule has 0 saturated carbocycles. The molecule has 2 aromatic heterocycles. The zero-order valence-electron chi connectivity index (χ0n) is 20.6. The van der Waals surface area contributed by atoms with E-state index in [1.165, 1.54) is 26.4 Å². The molecule has 4 aromatic rings. The zero-order valence-corrected chi connectivity index (χ0v) is 22.3. The molecule has 0 radical (unpaired) electrons. The monoisotopic (exact) mass is 561 g/mol. The van der Waals surface area contributed by atoms with Crippen molar-refractivity contribution >= 4 is 54.7 Å². The summed E-state index contributed by atoms with van der Waals surface area (Å²) in [5.74, 6) is 1.22. The van der Waals surface area contributed by atoms with E-state index in [4.69, 9.17) is 29.8 Å². The third-order valence-electron chi connectivity index (χ3n) is 5.12. The molecule has 202 valence electrons. The number of aliphatic hydroxyl groups excluding tert-OH is 1. The van der Waals surface area contributed by atoms with Crippen molar-refractivity contribution in [3.05, 3.63) is 48.5 Å². The Morgan fingerprint density at radius 3 is 2.34 bits per heavy atom. The number of nitrogens with one attached hydrogen (secondary N) is 2. The molecule has 38 heavy (non-hydrogen) atoms. The predicted octanol–water partition coefficient (Wildman–Crippen LogP) is 3.22. The highest BCUT2D eigenvalue weighted by Gasteiger charge is 2.22. The van der Waals surface area contributed by atoms with Crippen LogP contribution in [0.4, 0.5) is 22.3 Å². The van der Waals surface area contributed by atoms with Crippen LogP contribution >= 0.6 is 11.3 Å². The highest BCUT2D eigenvalue weighted by molar-refractivity contribution is 7.94. The predicted molar refractivity (Wildman–Crippen MR) is 145 cm³/mol. The third-order valence-corrected chi connectivity index (χ3v) is 7.86.